The van der Waals surface area contributed by atoms with Gasteiger partial charge in [0, 0.05) is 16.7 Å². The van der Waals surface area contributed by atoms with Gasteiger partial charge in [-0.25, -0.2) is 4.39 Å². The number of thioether (sulfide) groups is 1. The van der Waals surface area contributed by atoms with Crippen molar-refractivity contribution in [1.29, 1.82) is 0 Å². The molecule has 0 aliphatic carbocycles. The fourth-order valence-electron chi connectivity index (χ4n) is 2.83. The van der Waals surface area contributed by atoms with Crippen LogP contribution in [0.15, 0.2) is 51.4 Å². The zero-order valence-corrected chi connectivity index (χ0v) is 16.9. The fraction of sp³-hybridized carbons (Fsp3) is 0.111. The van der Waals surface area contributed by atoms with Gasteiger partial charge in [0.2, 0.25) is 11.8 Å². The summed E-state index contributed by atoms with van der Waals surface area (Å²) in [4.78, 5) is 0.804. The highest BCUT2D eigenvalue weighted by atomic mass is 79.9. The van der Waals surface area contributed by atoms with Crippen LogP contribution in [0.2, 0.25) is 0 Å². The SMILES string of the molecule is Fc1ccc(-c2csc3nnc(SCc4ccc5c(c4)OCO5)n23)cc1Br. The molecule has 1 aliphatic heterocycles. The van der Waals surface area contributed by atoms with E-state index in [1.807, 2.05) is 28.0 Å². The lowest BCUT2D eigenvalue weighted by Crippen LogP contribution is -1.93. The van der Waals surface area contributed by atoms with Crippen LogP contribution in [0, 0.1) is 5.82 Å². The number of halogens is 2. The van der Waals surface area contributed by atoms with Crippen LogP contribution in [0.5, 0.6) is 11.5 Å². The molecule has 0 spiro atoms. The van der Waals surface area contributed by atoms with Gasteiger partial charge in [0.05, 0.1) is 10.2 Å². The Hall–Kier alpha value is -2.10. The lowest BCUT2D eigenvalue weighted by molar-refractivity contribution is 0.174. The Morgan fingerprint density at radius 2 is 2.04 bits per heavy atom. The molecule has 5 rings (SSSR count). The molecule has 0 bridgehead atoms. The minimum absolute atomic E-state index is 0.266. The van der Waals surface area contributed by atoms with Gasteiger partial charge in [-0.1, -0.05) is 17.8 Å². The van der Waals surface area contributed by atoms with Gasteiger partial charge in [-0.2, -0.15) is 0 Å². The summed E-state index contributed by atoms with van der Waals surface area (Å²) >= 11 is 6.35. The molecule has 0 fully saturated rings. The van der Waals surface area contributed by atoms with Gasteiger partial charge in [-0.3, -0.25) is 4.40 Å². The molecule has 3 heterocycles. The molecule has 5 nitrogen and oxygen atoms in total. The maximum absolute atomic E-state index is 13.6. The Kier molecular flexibility index (Phi) is 4.30. The summed E-state index contributed by atoms with van der Waals surface area (Å²) in [5, 5.41) is 11.4. The van der Waals surface area contributed by atoms with Crippen LogP contribution in [0.4, 0.5) is 4.39 Å². The maximum atomic E-state index is 13.6. The summed E-state index contributed by atoms with van der Waals surface area (Å²) in [5.41, 5.74) is 2.95. The first-order valence-electron chi connectivity index (χ1n) is 7.98. The van der Waals surface area contributed by atoms with Crippen LogP contribution < -0.4 is 9.47 Å². The van der Waals surface area contributed by atoms with E-state index in [4.69, 9.17) is 9.47 Å². The van der Waals surface area contributed by atoms with Crippen molar-refractivity contribution in [2.45, 2.75) is 10.9 Å². The van der Waals surface area contributed by atoms with Gasteiger partial charge in [0.15, 0.2) is 16.7 Å². The molecule has 2 aromatic heterocycles. The highest BCUT2D eigenvalue weighted by Gasteiger charge is 2.17. The van der Waals surface area contributed by atoms with Gasteiger partial charge < -0.3 is 9.47 Å². The molecular formula is C18H11BrFN3O2S2. The second kappa shape index (κ2) is 6.81. The van der Waals surface area contributed by atoms with Gasteiger partial charge in [-0.15, -0.1) is 21.5 Å². The Bertz CT molecular complexity index is 1160. The molecule has 0 radical (unpaired) electrons. The third-order valence-corrected chi connectivity index (χ3v) is 6.56. The molecule has 0 N–H and O–H groups in total. The van der Waals surface area contributed by atoms with Crippen molar-refractivity contribution in [3.63, 3.8) is 0 Å². The summed E-state index contributed by atoms with van der Waals surface area (Å²) in [7, 11) is 0. The van der Waals surface area contributed by atoms with Crippen molar-refractivity contribution in [2.75, 3.05) is 6.79 Å². The first-order valence-corrected chi connectivity index (χ1v) is 10.6. The third kappa shape index (κ3) is 3.09. The van der Waals surface area contributed by atoms with E-state index in [-0.39, 0.29) is 12.6 Å². The summed E-state index contributed by atoms with van der Waals surface area (Å²) in [6, 6.07) is 10.9. The summed E-state index contributed by atoms with van der Waals surface area (Å²) in [6.07, 6.45) is 0. The Labute approximate surface area is 170 Å². The van der Waals surface area contributed by atoms with E-state index < -0.39 is 0 Å². The van der Waals surface area contributed by atoms with Crippen molar-refractivity contribution in [1.82, 2.24) is 14.6 Å². The minimum Gasteiger partial charge on any atom is -0.454 e. The number of thiazole rings is 1. The number of ether oxygens (including phenoxy) is 2. The lowest BCUT2D eigenvalue weighted by Gasteiger charge is -2.05. The van der Waals surface area contributed by atoms with Gasteiger partial charge in [0.1, 0.15) is 5.82 Å². The van der Waals surface area contributed by atoms with Gasteiger partial charge in [0.25, 0.3) is 0 Å². The molecule has 0 saturated heterocycles. The van der Waals surface area contributed by atoms with E-state index in [2.05, 4.69) is 26.1 Å². The molecule has 2 aromatic carbocycles. The summed E-state index contributed by atoms with van der Waals surface area (Å²) < 4.78 is 26.8. The number of hydrogen-bond donors (Lipinski definition) is 0. The average Bonchev–Trinajstić information content (AvgIpc) is 3.38. The van der Waals surface area contributed by atoms with E-state index in [1.54, 1.807) is 23.9 Å². The van der Waals surface area contributed by atoms with E-state index in [1.165, 1.54) is 17.4 Å². The van der Waals surface area contributed by atoms with E-state index in [0.29, 0.717) is 4.47 Å². The third-order valence-electron chi connectivity index (χ3n) is 4.14. The zero-order valence-electron chi connectivity index (χ0n) is 13.7. The van der Waals surface area contributed by atoms with E-state index in [9.17, 15) is 4.39 Å². The smallest absolute Gasteiger partial charge is 0.231 e. The fourth-order valence-corrected chi connectivity index (χ4v) is 4.99. The summed E-state index contributed by atoms with van der Waals surface area (Å²) in [5.74, 6) is 1.98. The molecule has 4 aromatic rings. The van der Waals surface area contributed by atoms with Crippen LogP contribution in [-0.4, -0.2) is 21.4 Å². The number of hydrogen-bond acceptors (Lipinski definition) is 6. The van der Waals surface area contributed by atoms with Crippen LogP contribution >= 0.6 is 39.0 Å². The molecule has 9 heteroatoms. The number of rotatable bonds is 4. The van der Waals surface area contributed by atoms with Gasteiger partial charge >= 0.3 is 0 Å². The topological polar surface area (TPSA) is 48.7 Å². The first kappa shape index (κ1) is 17.0. The largest absolute Gasteiger partial charge is 0.454 e. The molecule has 0 saturated carbocycles. The molecule has 0 unspecified atom stereocenters. The second-order valence-corrected chi connectivity index (χ2v) is 8.46. The monoisotopic (exact) mass is 463 g/mol. The molecular weight excluding hydrogens is 453 g/mol. The van der Waals surface area contributed by atoms with E-state index in [0.717, 1.165) is 44.2 Å². The number of fused-ring (bicyclic) bond motifs is 2. The van der Waals surface area contributed by atoms with Crippen molar-refractivity contribution in [3.8, 4) is 22.8 Å². The number of benzene rings is 2. The quantitative estimate of drug-likeness (QED) is 0.380. The minimum atomic E-state index is -0.286. The molecule has 0 amide bonds. The van der Waals surface area contributed by atoms with Gasteiger partial charge in [-0.05, 0) is 51.8 Å². The zero-order chi connectivity index (χ0) is 18.4. The molecule has 1 aliphatic rings. The Morgan fingerprint density at radius 1 is 1.15 bits per heavy atom. The van der Waals surface area contributed by atoms with Crippen molar-refractivity contribution in [2.24, 2.45) is 0 Å². The Balaban J connectivity index is 1.45. The van der Waals surface area contributed by atoms with Crippen LogP contribution in [0.1, 0.15) is 5.56 Å². The first-order chi connectivity index (χ1) is 13.2. The lowest BCUT2D eigenvalue weighted by atomic mass is 10.2. The average molecular weight is 464 g/mol. The Morgan fingerprint density at radius 3 is 2.93 bits per heavy atom. The van der Waals surface area contributed by atoms with Crippen molar-refractivity contribution in [3.05, 3.63) is 57.6 Å². The van der Waals surface area contributed by atoms with E-state index >= 15 is 0 Å². The molecule has 136 valence electrons. The van der Waals surface area contributed by atoms with Crippen molar-refractivity contribution >= 4 is 44.0 Å². The van der Waals surface area contributed by atoms with Crippen molar-refractivity contribution < 1.29 is 13.9 Å². The maximum Gasteiger partial charge on any atom is 0.231 e. The van der Waals surface area contributed by atoms with Crippen LogP contribution in [0.3, 0.4) is 0 Å². The second-order valence-electron chi connectivity index (χ2n) is 5.83. The molecule has 0 atom stereocenters. The normalized spacial score (nSPS) is 12.8. The number of nitrogens with zero attached hydrogens (tertiary/aromatic N) is 3. The predicted molar refractivity (Wildman–Crippen MR) is 106 cm³/mol. The number of aromatic nitrogens is 3. The highest BCUT2D eigenvalue weighted by molar-refractivity contribution is 9.10. The molecule has 27 heavy (non-hydrogen) atoms. The highest BCUT2D eigenvalue weighted by Crippen LogP contribution is 2.36. The van der Waals surface area contributed by atoms with Crippen LogP contribution in [-0.2, 0) is 5.75 Å². The standard InChI is InChI=1S/C18H11BrFN3O2S2/c19-12-6-11(2-3-13(12)20)14-8-27-18-22-21-17(23(14)18)26-7-10-1-4-15-16(5-10)25-9-24-15/h1-6,8H,7,9H2. The summed E-state index contributed by atoms with van der Waals surface area (Å²) in [6.45, 7) is 0.266. The van der Waals surface area contributed by atoms with Crippen LogP contribution in [0.25, 0.3) is 16.2 Å². The predicted octanol–water partition coefficient (Wildman–Crippen LogP) is 5.38.